The number of fused-ring (bicyclic) bond motifs is 1. The molecule has 20 heavy (non-hydrogen) atoms. The molecule has 2 aliphatic rings. The van der Waals surface area contributed by atoms with Crippen molar-refractivity contribution in [2.24, 2.45) is 0 Å². The van der Waals surface area contributed by atoms with E-state index in [1.807, 2.05) is 4.90 Å². The van der Waals surface area contributed by atoms with Gasteiger partial charge < -0.3 is 15.0 Å². The van der Waals surface area contributed by atoms with Crippen LogP contribution in [0.3, 0.4) is 0 Å². The maximum absolute atomic E-state index is 12.6. The molecule has 108 valence electrons. The highest BCUT2D eigenvalue weighted by atomic mass is 16.5. The Morgan fingerprint density at radius 3 is 3.20 bits per heavy atom. The van der Waals surface area contributed by atoms with E-state index in [1.165, 1.54) is 11.1 Å². The molecule has 4 nitrogen and oxygen atoms in total. The summed E-state index contributed by atoms with van der Waals surface area (Å²) in [6.07, 6.45) is 2.65. The highest BCUT2D eigenvalue weighted by Crippen LogP contribution is 2.28. The molecular formula is C16H22N2O2. The van der Waals surface area contributed by atoms with E-state index in [1.54, 1.807) is 0 Å². The summed E-state index contributed by atoms with van der Waals surface area (Å²) in [5.41, 5.74) is 3.61. The van der Waals surface area contributed by atoms with Crippen LogP contribution in [0.5, 0.6) is 0 Å². The molecular weight excluding hydrogens is 252 g/mol. The second-order valence-electron chi connectivity index (χ2n) is 5.71. The van der Waals surface area contributed by atoms with E-state index in [-0.39, 0.29) is 11.9 Å². The number of aryl methyl sites for hydroxylation is 2. The zero-order valence-electron chi connectivity index (χ0n) is 12.0. The Labute approximate surface area is 120 Å². The number of nitrogens with one attached hydrogen (secondary N) is 1. The standard InChI is InChI=1S/C16H22N2O2/c1-12-4-5-13-3-2-7-18(15(13)9-12)16(19)10-14-11-20-8-6-17-14/h4-5,9,14,17H,2-3,6-8,10-11H2,1H3. The minimum Gasteiger partial charge on any atom is -0.378 e. The Kier molecular flexibility index (Phi) is 4.03. The van der Waals surface area contributed by atoms with Gasteiger partial charge in [0, 0.05) is 31.2 Å². The van der Waals surface area contributed by atoms with Crippen LogP contribution in [0.4, 0.5) is 5.69 Å². The van der Waals surface area contributed by atoms with Crippen molar-refractivity contribution in [2.45, 2.75) is 32.2 Å². The highest BCUT2D eigenvalue weighted by Gasteiger charge is 2.25. The summed E-state index contributed by atoms with van der Waals surface area (Å²) in [6.45, 7) is 5.14. The van der Waals surface area contributed by atoms with Crippen LogP contribution in [0.1, 0.15) is 24.0 Å². The molecule has 1 atom stereocenters. The SMILES string of the molecule is Cc1ccc2c(c1)N(C(=O)CC1COCCN1)CCC2. The van der Waals surface area contributed by atoms with Crippen LogP contribution in [0.25, 0.3) is 0 Å². The summed E-state index contributed by atoms with van der Waals surface area (Å²) < 4.78 is 5.43. The van der Waals surface area contributed by atoms with Crippen LogP contribution in [0.15, 0.2) is 18.2 Å². The lowest BCUT2D eigenvalue weighted by Crippen LogP contribution is -2.46. The van der Waals surface area contributed by atoms with Crippen molar-refractivity contribution in [2.75, 3.05) is 31.2 Å². The smallest absolute Gasteiger partial charge is 0.228 e. The number of benzene rings is 1. The minimum absolute atomic E-state index is 0.159. The first-order valence-corrected chi connectivity index (χ1v) is 7.45. The average Bonchev–Trinajstić information content (AvgIpc) is 2.47. The molecule has 1 fully saturated rings. The number of anilines is 1. The topological polar surface area (TPSA) is 41.6 Å². The number of hydrogen-bond donors (Lipinski definition) is 1. The van der Waals surface area contributed by atoms with Crippen LogP contribution in [-0.4, -0.2) is 38.3 Å². The molecule has 1 unspecified atom stereocenters. The third-order valence-corrected chi connectivity index (χ3v) is 4.08. The monoisotopic (exact) mass is 274 g/mol. The van der Waals surface area contributed by atoms with E-state index in [0.29, 0.717) is 13.0 Å². The zero-order chi connectivity index (χ0) is 13.9. The third-order valence-electron chi connectivity index (χ3n) is 4.08. The van der Waals surface area contributed by atoms with Gasteiger partial charge in [0.1, 0.15) is 0 Å². The lowest BCUT2D eigenvalue weighted by molar-refractivity contribution is -0.119. The number of morpholine rings is 1. The van der Waals surface area contributed by atoms with Gasteiger partial charge in [0.05, 0.1) is 13.2 Å². The Hall–Kier alpha value is -1.39. The number of hydrogen-bond acceptors (Lipinski definition) is 3. The minimum atomic E-state index is 0.159. The molecule has 0 bridgehead atoms. The summed E-state index contributed by atoms with van der Waals surface area (Å²) >= 11 is 0. The Morgan fingerprint density at radius 1 is 1.50 bits per heavy atom. The number of rotatable bonds is 2. The van der Waals surface area contributed by atoms with Gasteiger partial charge in [-0.2, -0.15) is 0 Å². The number of nitrogens with zero attached hydrogens (tertiary/aromatic N) is 1. The molecule has 1 aromatic carbocycles. The van der Waals surface area contributed by atoms with E-state index < -0.39 is 0 Å². The molecule has 0 saturated carbocycles. The molecule has 1 N–H and O–H groups in total. The number of carbonyl (C=O) groups is 1. The van der Waals surface area contributed by atoms with Gasteiger partial charge in [-0.3, -0.25) is 4.79 Å². The van der Waals surface area contributed by atoms with Crippen LogP contribution in [-0.2, 0) is 16.0 Å². The molecule has 0 aromatic heterocycles. The Morgan fingerprint density at radius 2 is 2.40 bits per heavy atom. The molecule has 0 aliphatic carbocycles. The number of ether oxygens (including phenoxy) is 1. The summed E-state index contributed by atoms with van der Waals surface area (Å²) in [7, 11) is 0. The van der Waals surface area contributed by atoms with E-state index in [2.05, 4.69) is 30.4 Å². The molecule has 2 aliphatic heterocycles. The summed E-state index contributed by atoms with van der Waals surface area (Å²) in [4.78, 5) is 14.5. The van der Waals surface area contributed by atoms with Crippen molar-refractivity contribution in [3.63, 3.8) is 0 Å². The quantitative estimate of drug-likeness (QED) is 0.891. The predicted molar refractivity (Wildman–Crippen MR) is 79.1 cm³/mol. The van der Waals surface area contributed by atoms with Crippen LogP contribution >= 0.6 is 0 Å². The van der Waals surface area contributed by atoms with E-state index in [0.717, 1.165) is 38.2 Å². The van der Waals surface area contributed by atoms with Crippen molar-refractivity contribution < 1.29 is 9.53 Å². The molecule has 2 heterocycles. The highest BCUT2D eigenvalue weighted by molar-refractivity contribution is 5.95. The van der Waals surface area contributed by atoms with Gasteiger partial charge in [-0.1, -0.05) is 12.1 Å². The molecule has 3 rings (SSSR count). The molecule has 0 spiro atoms. The molecule has 1 aromatic rings. The fourth-order valence-corrected chi connectivity index (χ4v) is 3.02. The van der Waals surface area contributed by atoms with Gasteiger partial charge in [0.2, 0.25) is 5.91 Å². The van der Waals surface area contributed by atoms with Crippen LogP contribution < -0.4 is 10.2 Å². The third kappa shape index (κ3) is 2.86. The van der Waals surface area contributed by atoms with E-state index in [4.69, 9.17) is 4.74 Å². The first-order chi connectivity index (χ1) is 9.74. The maximum atomic E-state index is 12.6. The van der Waals surface area contributed by atoms with Crippen molar-refractivity contribution in [1.82, 2.24) is 5.32 Å². The van der Waals surface area contributed by atoms with Gasteiger partial charge in [-0.05, 0) is 37.0 Å². The molecule has 1 amide bonds. The lowest BCUT2D eigenvalue weighted by Gasteiger charge is -2.32. The first-order valence-electron chi connectivity index (χ1n) is 7.45. The predicted octanol–water partition coefficient (Wildman–Crippen LogP) is 1.65. The summed E-state index contributed by atoms with van der Waals surface area (Å²) in [6, 6.07) is 6.58. The first kappa shape index (κ1) is 13.6. The van der Waals surface area contributed by atoms with Gasteiger partial charge in [-0.25, -0.2) is 0 Å². The maximum Gasteiger partial charge on any atom is 0.228 e. The summed E-state index contributed by atoms with van der Waals surface area (Å²) in [5.74, 6) is 0.208. The fraction of sp³-hybridized carbons (Fsp3) is 0.562. The summed E-state index contributed by atoms with van der Waals surface area (Å²) in [5, 5.41) is 3.35. The average molecular weight is 274 g/mol. The van der Waals surface area contributed by atoms with Gasteiger partial charge >= 0.3 is 0 Å². The number of amides is 1. The van der Waals surface area contributed by atoms with Crippen LogP contribution in [0, 0.1) is 6.92 Å². The van der Waals surface area contributed by atoms with Crippen molar-refractivity contribution in [3.8, 4) is 0 Å². The lowest BCUT2D eigenvalue weighted by atomic mass is 9.99. The largest absolute Gasteiger partial charge is 0.378 e. The van der Waals surface area contributed by atoms with Crippen molar-refractivity contribution in [3.05, 3.63) is 29.3 Å². The van der Waals surface area contributed by atoms with Gasteiger partial charge in [0.15, 0.2) is 0 Å². The Bertz CT molecular complexity index is 495. The van der Waals surface area contributed by atoms with Crippen LogP contribution in [0.2, 0.25) is 0 Å². The normalized spacial score (nSPS) is 22.4. The fourth-order valence-electron chi connectivity index (χ4n) is 3.02. The van der Waals surface area contributed by atoms with Crippen molar-refractivity contribution in [1.29, 1.82) is 0 Å². The number of carbonyl (C=O) groups excluding carboxylic acids is 1. The Balaban J connectivity index is 1.74. The second kappa shape index (κ2) is 5.94. The van der Waals surface area contributed by atoms with E-state index >= 15 is 0 Å². The second-order valence-corrected chi connectivity index (χ2v) is 5.71. The molecule has 1 saturated heterocycles. The molecule has 0 radical (unpaired) electrons. The van der Waals surface area contributed by atoms with Gasteiger partial charge in [0.25, 0.3) is 0 Å². The van der Waals surface area contributed by atoms with Gasteiger partial charge in [-0.15, -0.1) is 0 Å². The van der Waals surface area contributed by atoms with E-state index in [9.17, 15) is 4.79 Å². The zero-order valence-corrected chi connectivity index (χ0v) is 12.0. The molecule has 4 heteroatoms. The van der Waals surface area contributed by atoms with Crippen molar-refractivity contribution >= 4 is 11.6 Å².